The number of fused-ring (bicyclic) bond motifs is 5. The Kier molecular flexibility index (Phi) is 3.40. The predicted octanol–water partition coefficient (Wildman–Crippen LogP) is 3.21. The lowest BCUT2D eigenvalue weighted by atomic mass is 9.81. The maximum Gasteiger partial charge on any atom is 0.233 e. The monoisotopic (exact) mass is 309 g/mol. The molecule has 0 spiro atoms. The highest BCUT2D eigenvalue weighted by molar-refractivity contribution is 6.06. The van der Waals surface area contributed by atoms with E-state index in [4.69, 9.17) is 0 Å². The van der Waals surface area contributed by atoms with Gasteiger partial charge < -0.3 is 0 Å². The lowest BCUT2D eigenvalue weighted by Gasteiger charge is -2.19. The van der Waals surface area contributed by atoms with E-state index >= 15 is 0 Å². The molecule has 120 valence electrons. The van der Waals surface area contributed by atoms with Crippen molar-refractivity contribution in [3.8, 4) is 0 Å². The fourth-order valence-corrected chi connectivity index (χ4v) is 5.16. The summed E-state index contributed by atoms with van der Waals surface area (Å²) >= 11 is 0. The Morgan fingerprint density at radius 2 is 1.57 bits per heavy atom. The molecule has 3 fully saturated rings. The molecule has 3 heteroatoms. The summed E-state index contributed by atoms with van der Waals surface area (Å²) in [6, 6.07) is 10.1. The number of benzene rings is 1. The summed E-state index contributed by atoms with van der Waals surface area (Å²) < 4.78 is 0. The molecule has 3 nitrogen and oxygen atoms in total. The van der Waals surface area contributed by atoms with Gasteiger partial charge in [0, 0.05) is 6.54 Å². The van der Waals surface area contributed by atoms with Crippen LogP contribution in [0.1, 0.15) is 32.3 Å². The normalized spacial score (nSPS) is 31.9. The van der Waals surface area contributed by atoms with Crippen LogP contribution < -0.4 is 0 Å². The van der Waals surface area contributed by atoms with Crippen molar-refractivity contribution in [2.75, 3.05) is 6.54 Å². The highest BCUT2D eigenvalue weighted by Gasteiger charge is 2.63. The Balaban J connectivity index is 1.55. The predicted molar refractivity (Wildman–Crippen MR) is 88.4 cm³/mol. The van der Waals surface area contributed by atoms with Crippen LogP contribution in [0.15, 0.2) is 41.5 Å². The number of allylic oxidation sites excluding steroid dienone is 2. The minimum absolute atomic E-state index is 0.0677. The van der Waals surface area contributed by atoms with Gasteiger partial charge in [-0.2, -0.15) is 0 Å². The number of nitrogens with zero attached hydrogens (tertiary/aromatic N) is 1. The summed E-state index contributed by atoms with van der Waals surface area (Å²) in [6.07, 6.45) is 2.92. The van der Waals surface area contributed by atoms with Crippen LogP contribution in [0, 0.1) is 23.7 Å². The largest absolute Gasteiger partial charge is 0.282 e. The Morgan fingerprint density at radius 1 is 1.00 bits per heavy atom. The molecule has 0 N–H and O–H groups in total. The SMILES string of the molecule is CC(C)=C1[C@H]2CC[C@@H]1[C@H]1C(=O)N(CCc3ccccc3)C(=O)[C@H]12. The van der Waals surface area contributed by atoms with Crippen molar-refractivity contribution >= 4 is 11.8 Å². The minimum Gasteiger partial charge on any atom is -0.282 e. The molecule has 1 aromatic carbocycles. The molecule has 4 rings (SSSR count). The highest BCUT2D eigenvalue weighted by atomic mass is 16.2. The van der Waals surface area contributed by atoms with Crippen LogP contribution in [0.5, 0.6) is 0 Å². The molecule has 23 heavy (non-hydrogen) atoms. The van der Waals surface area contributed by atoms with Gasteiger partial charge in [-0.05, 0) is 50.5 Å². The van der Waals surface area contributed by atoms with E-state index in [9.17, 15) is 9.59 Å². The number of rotatable bonds is 3. The lowest BCUT2D eigenvalue weighted by molar-refractivity contribution is -0.140. The Morgan fingerprint density at radius 3 is 2.09 bits per heavy atom. The molecule has 0 aromatic heterocycles. The van der Waals surface area contributed by atoms with E-state index in [1.165, 1.54) is 16.7 Å². The smallest absolute Gasteiger partial charge is 0.233 e. The van der Waals surface area contributed by atoms with Crippen molar-refractivity contribution in [2.24, 2.45) is 23.7 Å². The third-order valence-corrected chi connectivity index (χ3v) is 5.99. The van der Waals surface area contributed by atoms with Crippen molar-refractivity contribution < 1.29 is 9.59 Å². The van der Waals surface area contributed by atoms with Gasteiger partial charge in [-0.25, -0.2) is 0 Å². The van der Waals surface area contributed by atoms with Crippen LogP contribution in [0.4, 0.5) is 0 Å². The van der Waals surface area contributed by atoms with E-state index in [1.54, 1.807) is 4.90 Å². The summed E-state index contributed by atoms with van der Waals surface area (Å²) in [5.74, 6) is 0.689. The summed E-state index contributed by atoms with van der Waals surface area (Å²) in [7, 11) is 0. The van der Waals surface area contributed by atoms with Crippen LogP contribution in [0.25, 0.3) is 0 Å². The number of amides is 2. The van der Waals surface area contributed by atoms with Gasteiger partial charge in [-0.1, -0.05) is 41.5 Å². The van der Waals surface area contributed by atoms with E-state index in [0.717, 1.165) is 19.3 Å². The summed E-state index contributed by atoms with van der Waals surface area (Å²) in [4.78, 5) is 27.3. The van der Waals surface area contributed by atoms with Gasteiger partial charge in [0.1, 0.15) is 0 Å². The molecule has 2 saturated carbocycles. The zero-order valence-corrected chi connectivity index (χ0v) is 13.8. The second kappa shape index (κ2) is 5.33. The first-order valence-electron chi connectivity index (χ1n) is 8.66. The molecule has 4 atom stereocenters. The maximum atomic E-state index is 12.9. The Hall–Kier alpha value is -1.90. The van der Waals surface area contributed by atoms with Gasteiger partial charge >= 0.3 is 0 Å². The van der Waals surface area contributed by atoms with Gasteiger partial charge in [0.2, 0.25) is 11.8 Å². The summed E-state index contributed by atoms with van der Waals surface area (Å²) in [5.41, 5.74) is 3.92. The molecular formula is C20H23NO2. The topological polar surface area (TPSA) is 37.4 Å². The van der Waals surface area contributed by atoms with E-state index in [2.05, 4.69) is 26.0 Å². The first-order valence-corrected chi connectivity index (χ1v) is 8.66. The molecule has 2 aliphatic carbocycles. The third kappa shape index (κ3) is 2.09. The summed E-state index contributed by atoms with van der Waals surface area (Å²) in [5, 5.41) is 0. The molecule has 1 aromatic rings. The molecule has 1 aliphatic heterocycles. The highest BCUT2D eigenvalue weighted by Crippen LogP contribution is 2.60. The second-order valence-electron chi connectivity index (χ2n) is 7.36. The van der Waals surface area contributed by atoms with Crippen LogP contribution >= 0.6 is 0 Å². The van der Waals surface area contributed by atoms with E-state index < -0.39 is 0 Å². The van der Waals surface area contributed by atoms with Crippen LogP contribution in [0.2, 0.25) is 0 Å². The molecule has 2 amide bonds. The van der Waals surface area contributed by atoms with Gasteiger partial charge in [-0.3, -0.25) is 14.5 Å². The van der Waals surface area contributed by atoms with E-state index in [0.29, 0.717) is 18.4 Å². The quantitative estimate of drug-likeness (QED) is 0.635. The average molecular weight is 309 g/mol. The minimum atomic E-state index is -0.0677. The van der Waals surface area contributed by atoms with Crippen molar-refractivity contribution in [1.82, 2.24) is 4.90 Å². The average Bonchev–Trinajstić information content (AvgIpc) is 3.18. The third-order valence-electron chi connectivity index (χ3n) is 5.99. The zero-order valence-electron chi connectivity index (χ0n) is 13.8. The maximum absolute atomic E-state index is 12.9. The van der Waals surface area contributed by atoms with Crippen LogP contribution in [-0.4, -0.2) is 23.3 Å². The van der Waals surface area contributed by atoms with Crippen molar-refractivity contribution in [1.29, 1.82) is 0 Å². The molecule has 1 saturated heterocycles. The molecule has 3 aliphatic rings. The number of hydrogen-bond donors (Lipinski definition) is 0. The zero-order chi connectivity index (χ0) is 16.1. The van der Waals surface area contributed by atoms with Crippen LogP contribution in [0.3, 0.4) is 0 Å². The fourth-order valence-electron chi connectivity index (χ4n) is 5.16. The van der Waals surface area contributed by atoms with E-state index in [1.807, 2.05) is 18.2 Å². The summed E-state index contributed by atoms with van der Waals surface area (Å²) in [6.45, 7) is 4.78. The molecule has 0 radical (unpaired) electrons. The first-order chi connectivity index (χ1) is 11.1. The first kappa shape index (κ1) is 14.7. The van der Waals surface area contributed by atoms with E-state index in [-0.39, 0.29) is 23.7 Å². The Labute approximate surface area is 137 Å². The molecule has 0 unspecified atom stereocenters. The van der Waals surface area contributed by atoms with Crippen molar-refractivity contribution in [3.05, 3.63) is 47.0 Å². The second-order valence-corrected chi connectivity index (χ2v) is 7.36. The number of likely N-dealkylation sites (tertiary alicyclic amines) is 1. The standard InChI is InChI=1S/C20H23NO2/c1-12(2)16-14-8-9-15(16)18-17(14)19(22)21(20(18)23)11-10-13-6-4-3-5-7-13/h3-7,14-15,17-18H,8-11H2,1-2H3/t14-,15+,17+,18-. The number of imide groups is 1. The number of hydrogen-bond acceptors (Lipinski definition) is 2. The Bertz CT molecular complexity index is 655. The van der Waals surface area contributed by atoms with Crippen molar-refractivity contribution in [2.45, 2.75) is 33.1 Å². The van der Waals surface area contributed by atoms with Crippen LogP contribution in [-0.2, 0) is 16.0 Å². The van der Waals surface area contributed by atoms with Gasteiger partial charge in [0.05, 0.1) is 11.8 Å². The van der Waals surface area contributed by atoms with Crippen molar-refractivity contribution in [3.63, 3.8) is 0 Å². The fraction of sp³-hybridized carbons (Fsp3) is 0.500. The lowest BCUT2D eigenvalue weighted by Crippen LogP contribution is -2.34. The molecule has 2 bridgehead atoms. The van der Waals surface area contributed by atoms with Gasteiger partial charge in [-0.15, -0.1) is 0 Å². The van der Waals surface area contributed by atoms with Gasteiger partial charge in [0.25, 0.3) is 0 Å². The molecular weight excluding hydrogens is 286 g/mol. The number of carbonyl (C=O) groups is 2. The number of carbonyl (C=O) groups excluding carboxylic acids is 2. The van der Waals surface area contributed by atoms with Gasteiger partial charge in [0.15, 0.2) is 0 Å². The molecule has 1 heterocycles.